The van der Waals surface area contributed by atoms with Gasteiger partial charge < -0.3 is 11.1 Å². The van der Waals surface area contributed by atoms with Crippen LogP contribution in [0.2, 0.25) is 0 Å². The fraction of sp³-hybridized carbons (Fsp3) is 0.417. The zero-order valence-corrected chi connectivity index (χ0v) is 10.0. The van der Waals surface area contributed by atoms with E-state index in [0.717, 1.165) is 5.56 Å². The smallest absolute Gasteiger partial charge is 0.324 e. The number of carbonyl (C=O) groups is 1. The lowest BCUT2D eigenvalue weighted by molar-refractivity contribution is -0.136. The molecule has 19 heavy (non-hydrogen) atoms. The van der Waals surface area contributed by atoms with Crippen molar-refractivity contribution in [3.05, 3.63) is 35.4 Å². The molecule has 0 bridgehead atoms. The number of nitrogens with one attached hydrogen (secondary N) is 1. The van der Waals surface area contributed by atoms with Crippen molar-refractivity contribution >= 4 is 5.91 Å². The number of hydrogen-bond acceptors (Lipinski definition) is 2. The molecule has 0 aromatic heterocycles. The number of rotatable bonds is 6. The van der Waals surface area contributed by atoms with Crippen molar-refractivity contribution in [2.24, 2.45) is 5.73 Å². The maximum absolute atomic E-state index is 12.6. The Morgan fingerprint density at radius 3 is 2.21 bits per heavy atom. The van der Waals surface area contributed by atoms with Crippen molar-refractivity contribution in [2.75, 3.05) is 6.54 Å². The third-order valence-corrected chi connectivity index (χ3v) is 2.46. The maximum Gasteiger partial charge on any atom is 0.324 e. The molecule has 0 aliphatic carbocycles. The summed E-state index contributed by atoms with van der Waals surface area (Å²) in [6.07, 6.45) is -3.94. The number of benzene rings is 1. The number of hydrogen-bond donors (Lipinski definition) is 2. The van der Waals surface area contributed by atoms with Crippen molar-refractivity contribution in [2.45, 2.75) is 25.3 Å². The first kappa shape index (κ1) is 15.4. The zero-order chi connectivity index (χ0) is 14.5. The molecule has 1 aromatic rings. The first-order valence-electron chi connectivity index (χ1n) is 5.55. The normalized spacial score (nSPS) is 11.7. The Bertz CT molecular complexity index is 420. The number of halogens is 4. The summed E-state index contributed by atoms with van der Waals surface area (Å²) in [5.41, 5.74) is 6.85. The van der Waals surface area contributed by atoms with Crippen LogP contribution >= 0.6 is 0 Å². The number of alkyl halides is 4. The summed E-state index contributed by atoms with van der Waals surface area (Å²) in [5.74, 6) is -4.94. The molecule has 0 atom stereocenters. The van der Waals surface area contributed by atoms with Crippen LogP contribution in [-0.4, -0.2) is 24.8 Å². The molecule has 3 N–H and O–H groups in total. The first-order chi connectivity index (χ1) is 8.85. The van der Waals surface area contributed by atoms with E-state index in [-0.39, 0.29) is 6.42 Å². The van der Waals surface area contributed by atoms with Crippen LogP contribution < -0.4 is 11.1 Å². The molecule has 1 rings (SSSR count). The summed E-state index contributed by atoms with van der Waals surface area (Å²) >= 11 is 0. The van der Waals surface area contributed by atoms with Gasteiger partial charge in [0.15, 0.2) is 0 Å². The monoisotopic (exact) mass is 278 g/mol. The van der Waals surface area contributed by atoms with Gasteiger partial charge in [0.2, 0.25) is 5.91 Å². The fourth-order valence-electron chi connectivity index (χ4n) is 1.33. The molecule has 106 valence electrons. The van der Waals surface area contributed by atoms with E-state index >= 15 is 0 Å². The molecule has 0 unspecified atom stereocenters. The Morgan fingerprint density at radius 2 is 1.74 bits per heavy atom. The Balaban J connectivity index is 2.47. The lowest BCUT2D eigenvalue weighted by atomic mass is 10.1. The van der Waals surface area contributed by atoms with Crippen LogP contribution in [0.15, 0.2) is 24.3 Å². The first-order valence-corrected chi connectivity index (χ1v) is 5.55. The third kappa shape index (κ3) is 4.86. The fourth-order valence-corrected chi connectivity index (χ4v) is 1.33. The average Bonchev–Trinajstić information content (AvgIpc) is 2.37. The highest BCUT2D eigenvalue weighted by Gasteiger charge is 2.40. The maximum atomic E-state index is 12.6. The van der Waals surface area contributed by atoms with Crippen LogP contribution in [0.3, 0.4) is 0 Å². The predicted molar refractivity (Wildman–Crippen MR) is 62.0 cm³/mol. The molecule has 0 heterocycles. The minimum atomic E-state index is -4.21. The predicted octanol–water partition coefficient (Wildman–Crippen LogP) is 1.70. The van der Waals surface area contributed by atoms with Crippen molar-refractivity contribution in [3.63, 3.8) is 0 Å². The van der Waals surface area contributed by atoms with Crippen molar-refractivity contribution in [1.82, 2.24) is 5.32 Å². The molecule has 0 saturated carbocycles. The summed E-state index contributed by atoms with van der Waals surface area (Å²) in [7, 11) is 0. The van der Waals surface area contributed by atoms with Gasteiger partial charge in [-0.1, -0.05) is 24.3 Å². The number of carbonyl (C=O) groups excluding carboxylic acids is 1. The SMILES string of the molecule is NCc1ccc(CC(=O)NCC(F)(F)C(F)F)cc1. The van der Waals surface area contributed by atoms with E-state index in [1.54, 1.807) is 29.6 Å². The summed E-state index contributed by atoms with van der Waals surface area (Å²) in [5, 5.41) is 1.79. The van der Waals surface area contributed by atoms with Crippen LogP contribution in [0.1, 0.15) is 11.1 Å². The van der Waals surface area contributed by atoms with Gasteiger partial charge in [0.1, 0.15) is 0 Å². The second-order valence-corrected chi connectivity index (χ2v) is 4.04. The lowest BCUT2D eigenvalue weighted by Crippen LogP contribution is -2.41. The molecule has 0 aliphatic rings. The Kier molecular flexibility index (Phi) is 5.29. The molecule has 1 amide bonds. The van der Waals surface area contributed by atoms with Gasteiger partial charge in [-0.25, -0.2) is 8.78 Å². The molecule has 0 radical (unpaired) electrons. The summed E-state index contributed by atoms with van der Waals surface area (Å²) < 4.78 is 48.9. The molecule has 0 aliphatic heterocycles. The zero-order valence-electron chi connectivity index (χ0n) is 10.0. The van der Waals surface area contributed by atoms with Gasteiger partial charge in [-0.05, 0) is 11.1 Å². The molecular formula is C12H14F4N2O. The highest BCUT2D eigenvalue weighted by Crippen LogP contribution is 2.21. The molecular weight excluding hydrogens is 264 g/mol. The molecule has 0 saturated heterocycles. The van der Waals surface area contributed by atoms with Gasteiger partial charge in [-0.2, -0.15) is 8.78 Å². The van der Waals surface area contributed by atoms with E-state index in [0.29, 0.717) is 12.1 Å². The van der Waals surface area contributed by atoms with Crippen molar-refractivity contribution in [3.8, 4) is 0 Å². The standard InChI is InChI=1S/C12H14F4N2O/c13-11(14)12(15,16)7-18-10(19)5-8-1-3-9(6-17)4-2-8/h1-4,11H,5-7,17H2,(H,18,19). The van der Waals surface area contributed by atoms with Crippen molar-refractivity contribution in [1.29, 1.82) is 0 Å². The lowest BCUT2D eigenvalue weighted by Gasteiger charge is -2.15. The van der Waals surface area contributed by atoms with Crippen LogP contribution in [0.25, 0.3) is 0 Å². The van der Waals surface area contributed by atoms with E-state index in [4.69, 9.17) is 5.73 Å². The molecule has 1 aromatic carbocycles. The van der Waals surface area contributed by atoms with E-state index in [1.165, 1.54) is 0 Å². The van der Waals surface area contributed by atoms with Gasteiger partial charge in [-0.15, -0.1) is 0 Å². The van der Waals surface area contributed by atoms with Crippen LogP contribution in [0.4, 0.5) is 17.6 Å². The van der Waals surface area contributed by atoms with E-state index in [1.807, 2.05) is 0 Å². The topological polar surface area (TPSA) is 55.1 Å². The molecule has 7 heteroatoms. The van der Waals surface area contributed by atoms with Crippen LogP contribution in [-0.2, 0) is 17.8 Å². The average molecular weight is 278 g/mol. The quantitative estimate of drug-likeness (QED) is 0.778. The van der Waals surface area contributed by atoms with Gasteiger partial charge in [0.25, 0.3) is 0 Å². The minimum absolute atomic E-state index is 0.149. The van der Waals surface area contributed by atoms with Gasteiger partial charge >= 0.3 is 12.3 Å². The summed E-state index contributed by atoms with van der Waals surface area (Å²) in [6, 6.07) is 6.67. The highest BCUT2D eigenvalue weighted by molar-refractivity contribution is 5.78. The van der Waals surface area contributed by atoms with Crippen molar-refractivity contribution < 1.29 is 22.4 Å². The largest absolute Gasteiger partial charge is 0.350 e. The minimum Gasteiger partial charge on any atom is -0.350 e. The highest BCUT2D eigenvalue weighted by atomic mass is 19.3. The van der Waals surface area contributed by atoms with E-state index < -0.39 is 24.8 Å². The van der Waals surface area contributed by atoms with E-state index in [2.05, 4.69) is 0 Å². The van der Waals surface area contributed by atoms with E-state index in [9.17, 15) is 22.4 Å². The molecule has 0 fully saturated rings. The van der Waals surface area contributed by atoms with Gasteiger partial charge in [-0.3, -0.25) is 4.79 Å². The number of amides is 1. The number of nitrogens with two attached hydrogens (primary N) is 1. The van der Waals surface area contributed by atoms with Gasteiger partial charge in [0.05, 0.1) is 13.0 Å². The Morgan fingerprint density at radius 1 is 1.21 bits per heavy atom. The molecule has 0 spiro atoms. The van der Waals surface area contributed by atoms with Crippen LogP contribution in [0.5, 0.6) is 0 Å². The summed E-state index contributed by atoms with van der Waals surface area (Å²) in [6.45, 7) is -1.02. The van der Waals surface area contributed by atoms with Crippen LogP contribution in [0, 0.1) is 0 Å². The van der Waals surface area contributed by atoms with Gasteiger partial charge in [0, 0.05) is 6.54 Å². The third-order valence-electron chi connectivity index (χ3n) is 2.46. The summed E-state index contributed by atoms with van der Waals surface area (Å²) in [4.78, 5) is 11.3. The second kappa shape index (κ2) is 6.51. The molecule has 3 nitrogen and oxygen atoms in total. The Labute approximate surface area is 107 Å². The Hall–Kier alpha value is -1.63. The second-order valence-electron chi connectivity index (χ2n) is 4.04.